The molecule has 3 aromatic rings. The van der Waals surface area contributed by atoms with Gasteiger partial charge in [-0.2, -0.15) is 13.9 Å². The highest BCUT2D eigenvalue weighted by Gasteiger charge is 2.44. The lowest BCUT2D eigenvalue weighted by atomic mass is 9.97. The number of hydrogen-bond acceptors (Lipinski definition) is 6. The van der Waals surface area contributed by atoms with E-state index in [1.54, 1.807) is 11.4 Å². The Labute approximate surface area is 223 Å². The molecule has 0 radical (unpaired) electrons. The highest BCUT2D eigenvalue weighted by atomic mass is 32.1. The van der Waals surface area contributed by atoms with Crippen LogP contribution in [0.4, 0.5) is 26.3 Å². The molecule has 14 heteroatoms. The zero-order valence-electron chi connectivity index (χ0n) is 20.2. The number of carbonyl (C=O) groups is 1. The third kappa shape index (κ3) is 5.66. The molecule has 0 spiro atoms. The SMILES string of the molecule is O=C(Cn1nc(C(F)F)cc1C(F)F)N1CCC(c2nc(C3=CC(C(F)(F)c4ccccc4)ON3)cs2)CC1. The van der Waals surface area contributed by atoms with Crippen LogP contribution in [0.25, 0.3) is 5.70 Å². The summed E-state index contributed by atoms with van der Waals surface area (Å²) in [5, 5.41) is 5.98. The summed E-state index contributed by atoms with van der Waals surface area (Å²) in [4.78, 5) is 23.9. The lowest BCUT2D eigenvalue weighted by Gasteiger charge is -2.31. The summed E-state index contributed by atoms with van der Waals surface area (Å²) in [6.45, 7) is 0.0781. The van der Waals surface area contributed by atoms with Crippen LogP contribution in [-0.4, -0.2) is 44.8 Å². The quantitative estimate of drug-likeness (QED) is 0.354. The van der Waals surface area contributed by atoms with E-state index in [4.69, 9.17) is 4.84 Å². The Hall–Kier alpha value is -3.39. The summed E-state index contributed by atoms with van der Waals surface area (Å²) in [6.07, 6.45) is -5.19. The number of piperidine rings is 1. The minimum absolute atomic E-state index is 0.00374. The molecule has 1 N–H and O–H groups in total. The van der Waals surface area contributed by atoms with Crippen LogP contribution in [0.5, 0.6) is 0 Å². The number of nitrogens with one attached hydrogen (secondary N) is 1. The minimum Gasteiger partial charge on any atom is -0.341 e. The molecule has 1 aromatic carbocycles. The van der Waals surface area contributed by atoms with E-state index in [-0.39, 0.29) is 11.5 Å². The summed E-state index contributed by atoms with van der Waals surface area (Å²) in [7, 11) is 0. The molecule has 1 fully saturated rings. The fraction of sp³-hybridized carbons (Fsp3) is 0.400. The average Bonchev–Trinajstić information content (AvgIpc) is 3.69. The van der Waals surface area contributed by atoms with Crippen LogP contribution >= 0.6 is 11.3 Å². The molecule has 7 nitrogen and oxygen atoms in total. The van der Waals surface area contributed by atoms with Gasteiger partial charge in [0.25, 0.3) is 12.9 Å². The maximum Gasteiger partial charge on any atom is 0.305 e. The fourth-order valence-corrected chi connectivity index (χ4v) is 5.54. The van der Waals surface area contributed by atoms with Crippen molar-refractivity contribution >= 4 is 22.9 Å². The van der Waals surface area contributed by atoms with E-state index < -0.39 is 48.7 Å². The normalized spacial score (nSPS) is 18.6. The van der Waals surface area contributed by atoms with Crippen LogP contribution < -0.4 is 5.48 Å². The third-order valence-electron chi connectivity index (χ3n) is 6.69. The molecule has 0 saturated carbocycles. The van der Waals surface area contributed by atoms with E-state index in [0.29, 0.717) is 48.1 Å². The van der Waals surface area contributed by atoms with Gasteiger partial charge in [-0.3, -0.25) is 19.8 Å². The average molecular weight is 572 g/mol. The van der Waals surface area contributed by atoms with Gasteiger partial charge in [0.1, 0.15) is 17.9 Å². The number of alkyl halides is 6. The van der Waals surface area contributed by atoms with Crippen LogP contribution in [0.1, 0.15) is 59.3 Å². The maximum atomic E-state index is 14.8. The van der Waals surface area contributed by atoms with Crippen LogP contribution in [0, 0.1) is 0 Å². The second kappa shape index (κ2) is 11.0. The zero-order valence-corrected chi connectivity index (χ0v) is 21.1. The number of hydrogen-bond donors (Lipinski definition) is 1. The van der Waals surface area contributed by atoms with Crippen molar-refractivity contribution in [2.75, 3.05) is 13.1 Å². The molecule has 5 rings (SSSR count). The zero-order chi connectivity index (χ0) is 27.7. The molecule has 4 heterocycles. The first-order valence-electron chi connectivity index (χ1n) is 12.1. The van der Waals surface area contributed by atoms with Crippen molar-refractivity contribution in [3.63, 3.8) is 0 Å². The van der Waals surface area contributed by atoms with Crippen molar-refractivity contribution in [3.05, 3.63) is 75.5 Å². The summed E-state index contributed by atoms with van der Waals surface area (Å²) in [6, 6.07) is 7.99. The lowest BCUT2D eigenvalue weighted by molar-refractivity contribution is -0.133. The van der Waals surface area contributed by atoms with Crippen molar-refractivity contribution in [2.24, 2.45) is 0 Å². The second-order valence-electron chi connectivity index (χ2n) is 9.19. The van der Waals surface area contributed by atoms with Crippen LogP contribution in [0.2, 0.25) is 0 Å². The first kappa shape index (κ1) is 27.2. The molecule has 0 aliphatic carbocycles. The highest BCUT2D eigenvalue weighted by molar-refractivity contribution is 7.09. The van der Waals surface area contributed by atoms with E-state index >= 15 is 0 Å². The molecule has 1 amide bonds. The van der Waals surface area contributed by atoms with Crippen LogP contribution in [0.15, 0.2) is 47.9 Å². The highest BCUT2D eigenvalue weighted by Crippen LogP contribution is 2.38. The Morgan fingerprint density at radius 3 is 2.51 bits per heavy atom. The number of hydroxylamine groups is 1. The second-order valence-corrected chi connectivity index (χ2v) is 10.1. The van der Waals surface area contributed by atoms with Gasteiger partial charge in [0.2, 0.25) is 5.91 Å². The third-order valence-corrected chi connectivity index (χ3v) is 7.69. The minimum atomic E-state index is -3.25. The number of benzene rings is 1. The lowest BCUT2D eigenvalue weighted by Crippen LogP contribution is -2.40. The van der Waals surface area contributed by atoms with Gasteiger partial charge in [-0.25, -0.2) is 22.5 Å². The topological polar surface area (TPSA) is 72.3 Å². The van der Waals surface area contributed by atoms with Crippen molar-refractivity contribution in [1.29, 1.82) is 0 Å². The Bertz CT molecular complexity index is 1340. The molecule has 1 atom stereocenters. The molecular weight excluding hydrogens is 548 g/mol. The molecule has 0 bridgehead atoms. The number of carbonyl (C=O) groups excluding carboxylic acids is 1. The monoisotopic (exact) mass is 571 g/mol. The maximum absolute atomic E-state index is 14.8. The molecule has 1 saturated heterocycles. The molecular formula is C25H23F6N5O2S. The van der Waals surface area contributed by atoms with Crippen LogP contribution in [-0.2, 0) is 22.1 Å². The number of aromatic nitrogens is 3. The van der Waals surface area contributed by atoms with E-state index in [9.17, 15) is 31.1 Å². The van der Waals surface area contributed by atoms with Crippen molar-refractivity contribution < 1.29 is 36.0 Å². The van der Waals surface area contributed by atoms with Gasteiger partial charge >= 0.3 is 5.92 Å². The molecule has 39 heavy (non-hydrogen) atoms. The number of rotatable bonds is 8. The van der Waals surface area contributed by atoms with Crippen molar-refractivity contribution in [3.8, 4) is 0 Å². The van der Waals surface area contributed by atoms with Gasteiger partial charge in [-0.15, -0.1) is 11.3 Å². The van der Waals surface area contributed by atoms with E-state index in [1.165, 1.54) is 46.6 Å². The number of amides is 1. The Morgan fingerprint density at radius 1 is 1.13 bits per heavy atom. The fourth-order valence-electron chi connectivity index (χ4n) is 4.55. The van der Waals surface area contributed by atoms with E-state index in [2.05, 4.69) is 15.6 Å². The number of nitrogens with zero attached hydrogens (tertiary/aromatic N) is 4. The van der Waals surface area contributed by atoms with Gasteiger partial charge in [0.05, 0.1) is 16.4 Å². The van der Waals surface area contributed by atoms with Crippen LogP contribution in [0.3, 0.4) is 0 Å². The molecule has 2 aliphatic rings. The molecule has 2 aliphatic heterocycles. The standard InChI is InChI=1S/C25H23F6N5O2S/c26-22(27)17-10-19(23(28)29)36(33-17)12-21(37)35-8-6-14(7-9-35)24-32-18(13-39-24)16-11-20(38-34-16)25(30,31)15-4-2-1-3-5-15/h1-5,10-11,13-14,20,22-23,34H,6-9,12H2. The first-order chi connectivity index (χ1) is 18.6. The van der Waals surface area contributed by atoms with Gasteiger partial charge in [0.15, 0.2) is 6.10 Å². The molecule has 208 valence electrons. The van der Waals surface area contributed by atoms with E-state index in [0.717, 1.165) is 5.01 Å². The van der Waals surface area contributed by atoms with Crippen molar-refractivity contribution in [1.82, 2.24) is 25.1 Å². The predicted octanol–water partition coefficient (Wildman–Crippen LogP) is 5.66. The Morgan fingerprint density at radius 2 is 1.85 bits per heavy atom. The summed E-state index contributed by atoms with van der Waals surface area (Å²) >= 11 is 1.36. The summed E-state index contributed by atoms with van der Waals surface area (Å²) < 4.78 is 82.6. The number of thiazole rings is 1. The van der Waals surface area contributed by atoms with Gasteiger partial charge in [-0.1, -0.05) is 30.3 Å². The van der Waals surface area contributed by atoms with Crippen molar-refractivity contribution in [2.45, 2.75) is 50.2 Å². The number of likely N-dealkylation sites (tertiary alicyclic amines) is 1. The van der Waals surface area contributed by atoms with Gasteiger partial charge < -0.3 is 4.90 Å². The number of halogens is 6. The summed E-state index contributed by atoms with van der Waals surface area (Å²) in [5.74, 6) is -3.74. The van der Waals surface area contributed by atoms with Gasteiger partial charge in [-0.05, 0) is 25.0 Å². The van der Waals surface area contributed by atoms with Gasteiger partial charge in [0, 0.05) is 30.0 Å². The predicted molar refractivity (Wildman–Crippen MR) is 129 cm³/mol. The Balaban J connectivity index is 1.19. The largest absolute Gasteiger partial charge is 0.341 e. The first-order valence-corrected chi connectivity index (χ1v) is 13.0. The molecule has 2 aromatic heterocycles. The molecule has 1 unspecified atom stereocenters. The van der Waals surface area contributed by atoms with E-state index in [1.807, 2.05) is 0 Å². The Kier molecular flexibility index (Phi) is 7.67. The summed E-state index contributed by atoms with van der Waals surface area (Å²) in [5.41, 5.74) is 1.65. The smallest absolute Gasteiger partial charge is 0.305 e.